The van der Waals surface area contributed by atoms with E-state index < -0.39 is 17.3 Å². The Morgan fingerprint density at radius 2 is 1.81 bits per heavy atom. The van der Waals surface area contributed by atoms with Crippen molar-refractivity contribution in [2.24, 2.45) is 0 Å². The Bertz CT molecular complexity index is 1710. The van der Waals surface area contributed by atoms with Crippen LogP contribution in [0, 0.1) is 5.82 Å². The van der Waals surface area contributed by atoms with Gasteiger partial charge in [-0.3, -0.25) is 9.59 Å². The number of pyridine rings is 3. The number of hydrogen-bond acceptors (Lipinski definition) is 7. The summed E-state index contributed by atoms with van der Waals surface area (Å²) in [4.78, 5) is 41.2. The lowest BCUT2D eigenvalue weighted by Gasteiger charge is -2.33. The van der Waals surface area contributed by atoms with Crippen molar-refractivity contribution >= 4 is 34.0 Å². The van der Waals surface area contributed by atoms with Crippen LogP contribution in [0.1, 0.15) is 42.5 Å². The summed E-state index contributed by atoms with van der Waals surface area (Å²) in [5, 5.41) is 3.39. The van der Waals surface area contributed by atoms with Crippen LogP contribution in [0.2, 0.25) is 0 Å². The average molecular weight is 593 g/mol. The molecule has 2 fully saturated rings. The van der Waals surface area contributed by atoms with Gasteiger partial charge in [0.05, 0.1) is 46.8 Å². The number of aromatic nitrogens is 3. The van der Waals surface area contributed by atoms with Gasteiger partial charge in [-0.15, -0.1) is 0 Å². The highest BCUT2D eigenvalue weighted by atomic mass is 19.3. The lowest BCUT2D eigenvalue weighted by atomic mass is 10.0. The number of ether oxygens (including phenoxy) is 1. The van der Waals surface area contributed by atoms with Crippen LogP contribution in [-0.4, -0.2) is 65.0 Å². The number of H-pyrrole nitrogens is 1. The highest BCUT2D eigenvalue weighted by Gasteiger charge is 2.34. The van der Waals surface area contributed by atoms with Crippen LogP contribution in [0.4, 0.5) is 30.4 Å². The van der Waals surface area contributed by atoms with Gasteiger partial charge in [-0.2, -0.15) is 0 Å². The van der Waals surface area contributed by atoms with Crippen molar-refractivity contribution in [3.05, 3.63) is 70.5 Å². The molecule has 43 heavy (non-hydrogen) atoms. The molecule has 2 aliphatic heterocycles. The molecule has 9 nitrogen and oxygen atoms in total. The van der Waals surface area contributed by atoms with E-state index in [0.29, 0.717) is 35.8 Å². The minimum Gasteiger partial charge on any atom is -0.496 e. The number of aromatic amines is 1. The van der Waals surface area contributed by atoms with E-state index in [-0.39, 0.29) is 59.8 Å². The largest absolute Gasteiger partial charge is 0.496 e. The lowest BCUT2D eigenvalue weighted by Crippen LogP contribution is -2.39. The van der Waals surface area contributed by atoms with E-state index in [1.165, 1.54) is 25.4 Å². The number of rotatable bonds is 6. The third kappa shape index (κ3) is 5.86. The van der Waals surface area contributed by atoms with Crippen LogP contribution in [0.25, 0.3) is 22.2 Å². The zero-order chi connectivity index (χ0) is 30.1. The van der Waals surface area contributed by atoms with Gasteiger partial charge in [0.25, 0.3) is 17.4 Å². The van der Waals surface area contributed by atoms with Crippen LogP contribution in [-0.2, 0) is 0 Å². The van der Waals surface area contributed by atoms with Gasteiger partial charge in [0.2, 0.25) is 0 Å². The Labute approximate surface area is 245 Å². The Hall–Kier alpha value is -4.61. The SMILES string of the molecule is COc1cc(-c2cc(Nc3ccc(N4CCC(F)(F)CC4)cn3)c3c(=O)[nH]ccc3n2)c(F)cc1C(=O)N1CCCCC1. The van der Waals surface area contributed by atoms with Gasteiger partial charge in [-0.1, -0.05) is 0 Å². The Morgan fingerprint density at radius 1 is 1.05 bits per heavy atom. The summed E-state index contributed by atoms with van der Waals surface area (Å²) in [5.74, 6) is -2.96. The van der Waals surface area contributed by atoms with E-state index in [9.17, 15) is 18.4 Å². The summed E-state index contributed by atoms with van der Waals surface area (Å²) >= 11 is 0. The van der Waals surface area contributed by atoms with Gasteiger partial charge >= 0.3 is 0 Å². The molecule has 0 spiro atoms. The number of hydrogen-bond donors (Lipinski definition) is 2. The quantitative estimate of drug-likeness (QED) is 0.294. The van der Waals surface area contributed by atoms with Crippen LogP contribution < -0.4 is 20.5 Å². The number of anilines is 3. The third-order valence-electron chi connectivity index (χ3n) is 8.04. The number of nitrogens with one attached hydrogen (secondary N) is 2. The summed E-state index contributed by atoms with van der Waals surface area (Å²) in [6.45, 7) is 1.69. The monoisotopic (exact) mass is 592 g/mol. The number of benzene rings is 1. The summed E-state index contributed by atoms with van der Waals surface area (Å²) in [6.07, 6.45) is 5.48. The molecule has 2 saturated heterocycles. The molecule has 0 saturated carbocycles. The minimum atomic E-state index is -2.65. The molecule has 4 aromatic rings. The van der Waals surface area contributed by atoms with Gasteiger partial charge in [0.1, 0.15) is 17.4 Å². The van der Waals surface area contributed by atoms with Crippen molar-refractivity contribution in [2.75, 3.05) is 43.5 Å². The predicted molar refractivity (Wildman–Crippen MR) is 158 cm³/mol. The van der Waals surface area contributed by atoms with E-state index >= 15 is 4.39 Å². The Morgan fingerprint density at radius 3 is 2.51 bits per heavy atom. The van der Waals surface area contributed by atoms with Crippen molar-refractivity contribution < 1.29 is 22.7 Å². The van der Waals surface area contributed by atoms with E-state index in [4.69, 9.17) is 4.74 Å². The molecule has 0 unspecified atom stereocenters. The third-order valence-corrected chi connectivity index (χ3v) is 8.04. The molecule has 1 amide bonds. The Balaban J connectivity index is 1.34. The molecule has 5 heterocycles. The molecule has 2 N–H and O–H groups in total. The second-order valence-corrected chi connectivity index (χ2v) is 10.9. The van der Waals surface area contributed by atoms with Crippen molar-refractivity contribution in [3.8, 4) is 17.0 Å². The molecule has 0 atom stereocenters. The number of likely N-dealkylation sites (tertiary alicyclic amines) is 1. The van der Waals surface area contributed by atoms with Crippen LogP contribution >= 0.6 is 0 Å². The highest BCUT2D eigenvalue weighted by Crippen LogP contribution is 2.35. The minimum absolute atomic E-state index is 0.0995. The van der Waals surface area contributed by atoms with Gasteiger partial charge in [-0.25, -0.2) is 23.1 Å². The van der Waals surface area contributed by atoms with Crippen LogP contribution in [0.3, 0.4) is 0 Å². The van der Waals surface area contributed by atoms with Crippen LogP contribution in [0.15, 0.2) is 53.6 Å². The number of piperidine rings is 2. The fraction of sp³-hybridized carbons (Fsp3) is 0.355. The normalized spacial score (nSPS) is 16.7. The number of alkyl halides is 2. The first-order valence-electron chi connectivity index (χ1n) is 14.3. The van der Waals surface area contributed by atoms with Crippen molar-refractivity contribution in [3.63, 3.8) is 0 Å². The van der Waals surface area contributed by atoms with Gasteiger partial charge < -0.3 is 24.8 Å². The number of nitrogens with zero attached hydrogens (tertiary/aromatic N) is 4. The fourth-order valence-corrected chi connectivity index (χ4v) is 5.66. The van der Waals surface area contributed by atoms with E-state index in [1.807, 2.05) is 4.90 Å². The summed E-state index contributed by atoms with van der Waals surface area (Å²) in [5.41, 5.74) is 1.44. The van der Waals surface area contributed by atoms with Crippen molar-refractivity contribution in [1.29, 1.82) is 0 Å². The zero-order valence-corrected chi connectivity index (χ0v) is 23.6. The molecular formula is C31H31F3N6O3. The van der Waals surface area contributed by atoms with E-state index in [0.717, 1.165) is 19.3 Å². The van der Waals surface area contributed by atoms with Crippen LogP contribution in [0.5, 0.6) is 5.75 Å². The van der Waals surface area contributed by atoms with Gasteiger partial charge in [-0.05, 0) is 55.7 Å². The maximum Gasteiger partial charge on any atom is 0.259 e. The second-order valence-electron chi connectivity index (χ2n) is 10.9. The van der Waals surface area contributed by atoms with Gasteiger partial charge in [0, 0.05) is 50.8 Å². The number of halogens is 3. The number of fused-ring (bicyclic) bond motifs is 1. The molecule has 0 radical (unpaired) electrons. The summed E-state index contributed by atoms with van der Waals surface area (Å²) in [6, 6.07) is 9.25. The highest BCUT2D eigenvalue weighted by molar-refractivity contribution is 5.98. The van der Waals surface area contributed by atoms with E-state index in [1.54, 1.807) is 35.4 Å². The summed E-state index contributed by atoms with van der Waals surface area (Å²) in [7, 11) is 1.43. The molecule has 6 rings (SSSR count). The molecule has 0 bridgehead atoms. The standard InChI is InChI=1S/C31H31F3N6O3/c1-43-26-16-20(22(32)15-21(26)30(42)40-11-3-2-4-12-40)24-17-25(28-23(37-24)7-10-35-29(28)41)38-27-6-5-19(18-36-27)39-13-8-31(33,34)9-14-39/h5-7,10,15-18H,2-4,8-9,11-14H2,1H3,(H,35,41)(H,36,37,38). The second kappa shape index (κ2) is 11.6. The first-order valence-corrected chi connectivity index (χ1v) is 14.3. The van der Waals surface area contributed by atoms with Crippen molar-refractivity contribution in [1.82, 2.24) is 19.9 Å². The molecule has 224 valence electrons. The fourth-order valence-electron chi connectivity index (χ4n) is 5.66. The predicted octanol–water partition coefficient (Wildman–Crippen LogP) is 5.74. The number of methoxy groups -OCH3 is 1. The number of carbonyl (C=O) groups is 1. The topological polar surface area (TPSA) is 103 Å². The van der Waals surface area contributed by atoms with E-state index in [2.05, 4.69) is 20.3 Å². The first kappa shape index (κ1) is 28.5. The number of amides is 1. The molecule has 2 aliphatic rings. The van der Waals surface area contributed by atoms with Gasteiger partial charge in [0.15, 0.2) is 0 Å². The van der Waals surface area contributed by atoms with Crippen molar-refractivity contribution in [2.45, 2.75) is 38.0 Å². The molecular weight excluding hydrogens is 561 g/mol. The lowest BCUT2D eigenvalue weighted by molar-refractivity contribution is -0.0220. The molecule has 3 aromatic heterocycles. The number of carbonyl (C=O) groups excluding carboxylic acids is 1. The molecule has 12 heteroatoms. The zero-order valence-electron chi connectivity index (χ0n) is 23.6. The molecule has 1 aromatic carbocycles. The smallest absolute Gasteiger partial charge is 0.259 e. The molecule has 0 aliphatic carbocycles. The first-order chi connectivity index (χ1) is 20.7. The maximum absolute atomic E-state index is 15.7. The average Bonchev–Trinajstić information content (AvgIpc) is 3.01. The maximum atomic E-state index is 15.7. The Kier molecular flexibility index (Phi) is 7.68. The summed E-state index contributed by atoms with van der Waals surface area (Å²) < 4.78 is 48.3.